The van der Waals surface area contributed by atoms with Gasteiger partial charge in [0.25, 0.3) is 5.56 Å². The number of fused-ring (bicyclic) bond motifs is 1. The first-order valence-corrected chi connectivity index (χ1v) is 5.76. The first kappa shape index (κ1) is 12.2. The first-order chi connectivity index (χ1) is 9.74. The highest BCUT2D eigenvalue weighted by atomic mass is 16.5. The van der Waals surface area contributed by atoms with Crippen molar-refractivity contribution in [2.45, 2.75) is 0 Å². The van der Waals surface area contributed by atoms with E-state index in [1.54, 1.807) is 32.4 Å². The van der Waals surface area contributed by atoms with Crippen molar-refractivity contribution in [2.75, 3.05) is 14.2 Å². The minimum Gasteiger partial charge on any atom is -0.493 e. The Bertz CT molecular complexity index is 823. The molecule has 8 heteroatoms. The predicted molar refractivity (Wildman–Crippen MR) is 70.8 cm³/mol. The van der Waals surface area contributed by atoms with E-state index in [2.05, 4.69) is 25.6 Å². The van der Waals surface area contributed by atoms with Crippen molar-refractivity contribution in [1.29, 1.82) is 0 Å². The quantitative estimate of drug-likeness (QED) is 0.728. The smallest absolute Gasteiger partial charge is 0.294 e. The van der Waals surface area contributed by atoms with Gasteiger partial charge in [0.1, 0.15) is 11.2 Å². The van der Waals surface area contributed by atoms with Gasteiger partial charge in [-0.05, 0) is 18.2 Å². The number of nitrogens with one attached hydrogen (secondary N) is 2. The number of hydrogen-bond acceptors (Lipinski definition) is 6. The molecule has 2 heterocycles. The third-order valence-electron chi connectivity index (χ3n) is 2.91. The van der Waals surface area contributed by atoms with Gasteiger partial charge in [0, 0.05) is 5.56 Å². The number of aromatic nitrogens is 5. The van der Waals surface area contributed by atoms with Crippen molar-refractivity contribution in [3.63, 3.8) is 0 Å². The summed E-state index contributed by atoms with van der Waals surface area (Å²) in [7, 11) is 3.11. The van der Waals surface area contributed by atoms with Crippen LogP contribution in [0.3, 0.4) is 0 Å². The largest absolute Gasteiger partial charge is 0.493 e. The number of nitrogens with zero attached hydrogens (tertiary/aromatic N) is 3. The van der Waals surface area contributed by atoms with Gasteiger partial charge in [-0.1, -0.05) is 0 Å². The molecular formula is C12H11N5O3. The third kappa shape index (κ3) is 1.78. The van der Waals surface area contributed by atoms with Crippen molar-refractivity contribution in [3.8, 4) is 22.8 Å². The molecule has 0 fully saturated rings. The number of methoxy groups -OCH3 is 2. The molecule has 3 rings (SSSR count). The molecule has 0 atom stereocenters. The van der Waals surface area contributed by atoms with Crippen LogP contribution in [0.5, 0.6) is 11.5 Å². The number of aromatic amines is 2. The predicted octanol–water partition coefficient (Wildman–Crippen LogP) is 0.725. The maximum atomic E-state index is 11.6. The highest BCUT2D eigenvalue weighted by Crippen LogP contribution is 2.32. The second-order valence-electron chi connectivity index (χ2n) is 3.99. The zero-order chi connectivity index (χ0) is 14.1. The lowest BCUT2D eigenvalue weighted by Gasteiger charge is -2.09. The zero-order valence-electron chi connectivity index (χ0n) is 10.8. The van der Waals surface area contributed by atoms with Gasteiger partial charge in [0.15, 0.2) is 17.0 Å². The van der Waals surface area contributed by atoms with E-state index >= 15 is 0 Å². The second-order valence-corrected chi connectivity index (χ2v) is 3.99. The molecule has 3 aromatic rings. The van der Waals surface area contributed by atoms with E-state index in [1.165, 1.54) is 0 Å². The summed E-state index contributed by atoms with van der Waals surface area (Å²) in [4.78, 5) is 11.6. The van der Waals surface area contributed by atoms with Crippen LogP contribution < -0.4 is 15.0 Å². The summed E-state index contributed by atoms with van der Waals surface area (Å²) < 4.78 is 10.4. The Balaban J connectivity index is 2.23. The molecule has 20 heavy (non-hydrogen) atoms. The van der Waals surface area contributed by atoms with Crippen LogP contribution in [0.4, 0.5) is 0 Å². The number of H-pyrrole nitrogens is 2. The lowest BCUT2D eigenvalue weighted by molar-refractivity contribution is 0.355. The molecule has 0 saturated carbocycles. The van der Waals surface area contributed by atoms with Crippen LogP contribution in [0.25, 0.3) is 22.3 Å². The van der Waals surface area contributed by atoms with Crippen LogP contribution >= 0.6 is 0 Å². The van der Waals surface area contributed by atoms with Crippen molar-refractivity contribution in [3.05, 3.63) is 28.6 Å². The minimum atomic E-state index is -0.391. The fourth-order valence-electron chi connectivity index (χ4n) is 1.95. The lowest BCUT2D eigenvalue weighted by atomic mass is 10.1. The molecule has 0 unspecified atom stereocenters. The summed E-state index contributed by atoms with van der Waals surface area (Å²) in [6.45, 7) is 0. The molecule has 0 amide bonds. The zero-order valence-corrected chi connectivity index (χ0v) is 10.8. The molecule has 8 nitrogen and oxygen atoms in total. The lowest BCUT2D eigenvalue weighted by Crippen LogP contribution is -2.09. The van der Waals surface area contributed by atoms with Crippen LogP contribution in [-0.2, 0) is 0 Å². The first-order valence-electron chi connectivity index (χ1n) is 5.76. The maximum absolute atomic E-state index is 11.6. The molecule has 1 aromatic carbocycles. The van der Waals surface area contributed by atoms with E-state index in [0.29, 0.717) is 22.7 Å². The minimum absolute atomic E-state index is 0.213. The Hall–Kier alpha value is -2.90. The summed E-state index contributed by atoms with van der Waals surface area (Å²) >= 11 is 0. The fraction of sp³-hybridized carbons (Fsp3) is 0.167. The van der Waals surface area contributed by atoms with E-state index in [4.69, 9.17) is 9.47 Å². The molecule has 0 aliphatic rings. The van der Waals surface area contributed by atoms with Gasteiger partial charge in [-0.25, -0.2) is 5.10 Å². The number of ether oxygens (including phenoxy) is 2. The monoisotopic (exact) mass is 273 g/mol. The molecule has 102 valence electrons. The third-order valence-corrected chi connectivity index (χ3v) is 2.91. The Labute approximate surface area is 112 Å². The Morgan fingerprint density at radius 3 is 2.50 bits per heavy atom. The summed E-state index contributed by atoms with van der Waals surface area (Å²) in [6, 6.07) is 5.32. The Morgan fingerprint density at radius 1 is 1.00 bits per heavy atom. The molecule has 0 aliphatic heterocycles. The van der Waals surface area contributed by atoms with Crippen LogP contribution in [0.15, 0.2) is 23.0 Å². The maximum Gasteiger partial charge on any atom is 0.294 e. The SMILES string of the molecule is COc1ccc(-c2n[nH]c(=O)c3n[nH]nc23)cc1OC. The molecule has 0 saturated heterocycles. The van der Waals surface area contributed by atoms with Crippen LogP contribution in [0, 0.1) is 0 Å². The van der Waals surface area contributed by atoms with Gasteiger partial charge in [0.2, 0.25) is 0 Å². The van der Waals surface area contributed by atoms with Crippen molar-refractivity contribution in [1.82, 2.24) is 25.6 Å². The molecule has 0 aliphatic carbocycles. The van der Waals surface area contributed by atoms with Gasteiger partial charge >= 0.3 is 0 Å². The van der Waals surface area contributed by atoms with Crippen molar-refractivity contribution < 1.29 is 9.47 Å². The van der Waals surface area contributed by atoms with Gasteiger partial charge in [-0.15, -0.1) is 0 Å². The Morgan fingerprint density at radius 2 is 1.75 bits per heavy atom. The number of hydrogen-bond donors (Lipinski definition) is 2. The topological polar surface area (TPSA) is 106 Å². The number of rotatable bonds is 3. The Kier molecular flexibility index (Phi) is 2.82. The van der Waals surface area contributed by atoms with Crippen LogP contribution in [0.2, 0.25) is 0 Å². The van der Waals surface area contributed by atoms with E-state index in [9.17, 15) is 4.79 Å². The molecule has 0 radical (unpaired) electrons. The standard InChI is InChI=1S/C12H11N5O3/c1-19-7-4-3-6(5-8(7)20-2)9-10-11(15-17-14-10)12(18)16-13-9/h3-5H,1-2H3,(H,16,18)(H,14,15,17). The molecule has 2 N–H and O–H groups in total. The highest BCUT2D eigenvalue weighted by Gasteiger charge is 2.14. The van der Waals surface area contributed by atoms with Crippen molar-refractivity contribution in [2.24, 2.45) is 0 Å². The normalized spacial score (nSPS) is 10.7. The average molecular weight is 273 g/mol. The summed E-state index contributed by atoms with van der Waals surface area (Å²) in [5, 5.41) is 16.6. The van der Waals surface area contributed by atoms with Crippen LogP contribution in [0.1, 0.15) is 0 Å². The molecule has 0 bridgehead atoms. The van der Waals surface area contributed by atoms with Gasteiger partial charge in [-0.2, -0.15) is 20.5 Å². The van der Waals surface area contributed by atoms with E-state index < -0.39 is 5.56 Å². The summed E-state index contributed by atoms with van der Waals surface area (Å²) in [6.07, 6.45) is 0. The van der Waals surface area contributed by atoms with Gasteiger partial charge in [0.05, 0.1) is 14.2 Å². The van der Waals surface area contributed by atoms with E-state index in [-0.39, 0.29) is 5.52 Å². The molecular weight excluding hydrogens is 262 g/mol. The van der Waals surface area contributed by atoms with E-state index in [0.717, 1.165) is 5.56 Å². The molecule has 2 aromatic heterocycles. The van der Waals surface area contributed by atoms with Crippen molar-refractivity contribution >= 4 is 11.0 Å². The van der Waals surface area contributed by atoms with Gasteiger partial charge in [-0.3, -0.25) is 4.79 Å². The average Bonchev–Trinajstić information content (AvgIpc) is 2.97. The van der Waals surface area contributed by atoms with Crippen LogP contribution in [-0.4, -0.2) is 39.8 Å². The van der Waals surface area contributed by atoms with E-state index in [1.807, 2.05) is 0 Å². The fourth-order valence-corrected chi connectivity index (χ4v) is 1.95. The highest BCUT2D eigenvalue weighted by molar-refractivity contribution is 5.88. The molecule has 0 spiro atoms. The number of benzene rings is 1. The summed E-state index contributed by atoms with van der Waals surface area (Å²) in [5.74, 6) is 1.17. The second kappa shape index (κ2) is 4.65. The summed E-state index contributed by atoms with van der Waals surface area (Å²) in [5.41, 5.74) is 1.47. The van der Waals surface area contributed by atoms with Gasteiger partial charge < -0.3 is 9.47 Å².